The van der Waals surface area contributed by atoms with E-state index in [4.69, 9.17) is 25.3 Å². The van der Waals surface area contributed by atoms with Gasteiger partial charge in [0, 0.05) is 32.2 Å². The van der Waals surface area contributed by atoms with Crippen molar-refractivity contribution >= 4 is 40.8 Å². The molecular weight excluding hydrogens is 657 g/mol. The Balaban J connectivity index is 0.000000237. The number of non-ortho nitro benzene ring substituents is 1. The minimum Gasteiger partial charge on any atom is -0.781 e. The van der Waals surface area contributed by atoms with Gasteiger partial charge >= 0.3 is 0 Å². The fourth-order valence-corrected chi connectivity index (χ4v) is 3.18. The molecular formula is C25H15F2N2O2PtS2-3. The van der Waals surface area contributed by atoms with Crippen LogP contribution in [0.4, 0.5) is 14.5 Å². The Hall–Kier alpha value is -3.06. The maximum Gasteiger partial charge on any atom is 0.190 e. The quantitative estimate of drug-likeness (QED) is 0.0834. The first-order valence-electron chi connectivity index (χ1n) is 9.53. The molecule has 0 spiro atoms. The van der Waals surface area contributed by atoms with Crippen LogP contribution in [0.1, 0.15) is 11.1 Å². The molecule has 0 saturated carbocycles. The van der Waals surface area contributed by atoms with Crippen molar-refractivity contribution in [3.05, 3.63) is 130 Å². The summed E-state index contributed by atoms with van der Waals surface area (Å²) in [6, 6.07) is 24.4. The van der Waals surface area contributed by atoms with Crippen LogP contribution < -0.4 is 0 Å². The van der Waals surface area contributed by atoms with Gasteiger partial charge in [0.25, 0.3) is 0 Å². The summed E-state index contributed by atoms with van der Waals surface area (Å²) in [5.74, 6) is -0.650. The van der Waals surface area contributed by atoms with Crippen LogP contribution in [0.3, 0.4) is 0 Å². The van der Waals surface area contributed by atoms with Crippen LogP contribution in [0.2, 0.25) is 0 Å². The minimum atomic E-state index is -0.446. The summed E-state index contributed by atoms with van der Waals surface area (Å²) in [6.45, 7) is 0. The van der Waals surface area contributed by atoms with Crippen molar-refractivity contribution in [3.63, 3.8) is 0 Å². The summed E-state index contributed by atoms with van der Waals surface area (Å²) in [5.41, 5.74) is 2.91. The number of pyridine rings is 1. The second-order valence-corrected chi connectivity index (χ2v) is 7.42. The molecule has 0 fully saturated rings. The van der Waals surface area contributed by atoms with Gasteiger partial charge in [-0.05, 0) is 47.2 Å². The first-order valence-corrected chi connectivity index (χ1v) is 10.3. The molecule has 0 unspecified atom stereocenters. The van der Waals surface area contributed by atoms with E-state index in [0.717, 1.165) is 11.3 Å². The van der Waals surface area contributed by atoms with Crippen LogP contribution in [-0.2, 0) is 46.3 Å². The fraction of sp³-hybridized carbons (Fsp3) is 0. The van der Waals surface area contributed by atoms with Crippen LogP contribution in [0, 0.1) is 27.8 Å². The van der Waals surface area contributed by atoms with Crippen molar-refractivity contribution in [1.29, 1.82) is 0 Å². The number of nitrogens with zero attached hydrogens (tertiary/aromatic N) is 2. The molecule has 4 rings (SSSR count). The normalized spacial score (nSPS) is 10.8. The molecule has 0 N–H and O–H groups in total. The van der Waals surface area contributed by atoms with Crippen LogP contribution in [0.15, 0.2) is 91.1 Å². The third-order valence-electron chi connectivity index (χ3n) is 4.37. The van der Waals surface area contributed by atoms with Crippen molar-refractivity contribution in [2.24, 2.45) is 0 Å². The van der Waals surface area contributed by atoms with Gasteiger partial charge in [0.1, 0.15) is 11.6 Å². The topological polar surface area (TPSA) is 56.0 Å². The van der Waals surface area contributed by atoms with Gasteiger partial charge in [0.05, 0.1) is 0 Å². The number of aromatic nitrogens is 1. The fourth-order valence-electron chi connectivity index (χ4n) is 2.68. The van der Waals surface area contributed by atoms with Crippen molar-refractivity contribution in [2.75, 3.05) is 0 Å². The molecule has 34 heavy (non-hydrogen) atoms. The third kappa shape index (κ3) is 7.48. The van der Waals surface area contributed by atoms with E-state index < -0.39 is 4.92 Å². The van der Waals surface area contributed by atoms with E-state index in [2.05, 4.69) is 11.1 Å². The molecule has 4 nitrogen and oxygen atoms in total. The Morgan fingerprint density at radius 2 is 1.35 bits per heavy atom. The Bertz CT molecular complexity index is 1200. The summed E-state index contributed by atoms with van der Waals surface area (Å²) in [6.07, 6.45) is 1.67. The first kappa shape index (κ1) is 27.2. The Morgan fingerprint density at radius 1 is 0.824 bits per heavy atom. The molecule has 0 bridgehead atoms. The zero-order valence-electron chi connectivity index (χ0n) is 17.3. The number of nitro groups is 1. The van der Waals surface area contributed by atoms with Gasteiger partial charge in [-0.15, -0.1) is 17.7 Å². The summed E-state index contributed by atoms with van der Waals surface area (Å²) in [5, 5.41) is 10.4. The standard InChI is InChI=1S/C14H10F2S2.C11H7N2O2.Pt/c15-11-5-1-9(2-6-11)13(17)14(18)10-3-7-12(16)8-4-10;14-13(15)10-6-4-9(5-7-10)11-3-1-2-8-12-11;/h1-8,17-18H;1-4,6-8H;/q;-1;/p-2/b14-13-;;. The molecule has 0 aliphatic rings. The van der Waals surface area contributed by atoms with Gasteiger partial charge in [0.2, 0.25) is 0 Å². The zero-order valence-corrected chi connectivity index (χ0v) is 21.2. The van der Waals surface area contributed by atoms with Gasteiger partial charge in [-0.1, -0.05) is 48.5 Å². The second-order valence-electron chi connectivity index (χ2n) is 6.60. The predicted octanol–water partition coefficient (Wildman–Crippen LogP) is 6.34. The second kappa shape index (κ2) is 13.0. The summed E-state index contributed by atoms with van der Waals surface area (Å²) in [4.78, 5) is 15.0. The van der Waals surface area contributed by atoms with Crippen molar-refractivity contribution < 1.29 is 34.8 Å². The van der Waals surface area contributed by atoms with Crippen molar-refractivity contribution in [3.8, 4) is 11.3 Å². The van der Waals surface area contributed by atoms with E-state index in [1.807, 2.05) is 18.2 Å². The molecule has 4 aromatic rings. The Kier molecular flexibility index (Phi) is 10.4. The molecule has 0 amide bonds. The van der Waals surface area contributed by atoms with E-state index in [1.54, 1.807) is 36.5 Å². The smallest absolute Gasteiger partial charge is 0.190 e. The predicted molar refractivity (Wildman–Crippen MR) is 130 cm³/mol. The Morgan fingerprint density at radius 3 is 1.74 bits per heavy atom. The van der Waals surface area contributed by atoms with Crippen LogP contribution >= 0.6 is 0 Å². The minimum absolute atomic E-state index is 0. The van der Waals surface area contributed by atoms with E-state index in [0.29, 0.717) is 20.9 Å². The monoisotopic (exact) mass is 672 g/mol. The van der Waals surface area contributed by atoms with Gasteiger partial charge in [-0.25, -0.2) is 8.78 Å². The van der Waals surface area contributed by atoms with E-state index in [1.165, 1.54) is 36.4 Å². The van der Waals surface area contributed by atoms with Crippen LogP contribution in [-0.4, -0.2) is 9.91 Å². The van der Waals surface area contributed by atoms with Gasteiger partial charge in [-0.3, -0.25) is 10.1 Å². The van der Waals surface area contributed by atoms with Crippen molar-refractivity contribution in [2.45, 2.75) is 0 Å². The summed E-state index contributed by atoms with van der Waals surface area (Å²) < 4.78 is 25.6. The Labute approximate surface area is 221 Å². The van der Waals surface area contributed by atoms with E-state index in [-0.39, 0.29) is 38.4 Å². The number of halogens is 2. The molecule has 3 aromatic carbocycles. The maximum absolute atomic E-state index is 12.8. The molecule has 0 saturated heterocycles. The summed E-state index contributed by atoms with van der Waals surface area (Å²) in [7, 11) is 0. The molecule has 0 aliphatic heterocycles. The van der Waals surface area contributed by atoms with E-state index in [9.17, 15) is 18.9 Å². The molecule has 1 heterocycles. The largest absolute Gasteiger partial charge is 0.781 e. The third-order valence-corrected chi connectivity index (χ3v) is 5.38. The maximum atomic E-state index is 12.8. The number of nitro benzene ring substituents is 1. The van der Waals surface area contributed by atoms with Crippen LogP contribution in [0.5, 0.6) is 0 Å². The molecule has 0 radical (unpaired) electrons. The average molecular weight is 673 g/mol. The van der Waals surface area contributed by atoms with Gasteiger partial charge < -0.3 is 30.2 Å². The molecule has 176 valence electrons. The number of rotatable bonds is 4. The SMILES string of the molecule is Fc1ccc(/C([S-])=C(/[S-])c2ccc(F)cc2)cc1.O=[N+]([O-])c1c[c-]c(-c2ccccn2)cc1.[Pt]. The first-order chi connectivity index (χ1) is 15.8. The zero-order chi connectivity index (χ0) is 23.8. The number of hydrogen-bond donors (Lipinski definition) is 0. The summed E-state index contributed by atoms with van der Waals surface area (Å²) >= 11 is 10.5. The van der Waals surface area contributed by atoms with Gasteiger partial charge in [-0.2, -0.15) is 9.81 Å². The molecule has 0 aliphatic carbocycles. The van der Waals surface area contributed by atoms with E-state index >= 15 is 0 Å². The molecule has 0 atom stereocenters. The average Bonchev–Trinajstić information content (AvgIpc) is 2.85. The van der Waals surface area contributed by atoms with Gasteiger partial charge in [0.15, 0.2) is 5.69 Å². The molecule has 1 aromatic heterocycles. The van der Waals surface area contributed by atoms with Crippen LogP contribution in [0.25, 0.3) is 21.1 Å². The number of hydrogen-bond acceptors (Lipinski definition) is 5. The molecule has 9 heteroatoms. The number of benzene rings is 3. The van der Waals surface area contributed by atoms with Crippen molar-refractivity contribution in [1.82, 2.24) is 4.98 Å².